The molecular formula is C17H12ClFO2. The van der Waals surface area contributed by atoms with Gasteiger partial charge in [-0.05, 0) is 48.0 Å². The quantitative estimate of drug-likeness (QED) is 0.651. The summed E-state index contributed by atoms with van der Waals surface area (Å²) in [5, 5.41) is 0.543. The Bertz CT molecular complexity index is 738. The Balaban J connectivity index is 1.74. The van der Waals surface area contributed by atoms with Gasteiger partial charge in [-0.1, -0.05) is 23.7 Å². The minimum absolute atomic E-state index is 0.276. The number of halogens is 2. The molecule has 2 nitrogen and oxygen atoms in total. The second kappa shape index (κ2) is 6.02. The van der Waals surface area contributed by atoms with Gasteiger partial charge in [-0.3, -0.25) is 0 Å². The van der Waals surface area contributed by atoms with Gasteiger partial charge in [-0.2, -0.15) is 0 Å². The largest absolute Gasteiger partial charge is 0.489 e. The Morgan fingerprint density at radius 2 is 1.95 bits per heavy atom. The van der Waals surface area contributed by atoms with Crippen LogP contribution in [0, 0.1) is 5.82 Å². The molecule has 0 aliphatic carbocycles. The second-order valence-corrected chi connectivity index (χ2v) is 4.94. The molecule has 0 N–H and O–H groups in total. The van der Waals surface area contributed by atoms with Crippen molar-refractivity contribution in [2.75, 3.05) is 0 Å². The number of ether oxygens (including phenoxy) is 1. The van der Waals surface area contributed by atoms with E-state index >= 15 is 0 Å². The second-order valence-electron chi connectivity index (χ2n) is 4.54. The predicted molar refractivity (Wildman–Crippen MR) is 79.9 cm³/mol. The topological polar surface area (TPSA) is 22.4 Å². The molecule has 1 aromatic heterocycles. The Morgan fingerprint density at radius 3 is 2.67 bits per heavy atom. The van der Waals surface area contributed by atoms with Crippen LogP contribution in [-0.2, 0) is 6.61 Å². The summed E-state index contributed by atoms with van der Waals surface area (Å²) in [6.07, 6.45) is 1.60. The fraction of sp³-hybridized carbons (Fsp3) is 0.0588. The van der Waals surface area contributed by atoms with Crippen LogP contribution in [0.15, 0.2) is 65.3 Å². The van der Waals surface area contributed by atoms with Gasteiger partial charge in [-0.15, -0.1) is 0 Å². The van der Waals surface area contributed by atoms with Crippen molar-refractivity contribution < 1.29 is 13.5 Å². The van der Waals surface area contributed by atoms with Crippen LogP contribution in [-0.4, -0.2) is 0 Å². The fourth-order valence-corrected chi connectivity index (χ4v) is 2.27. The van der Waals surface area contributed by atoms with Gasteiger partial charge in [0.25, 0.3) is 0 Å². The minimum Gasteiger partial charge on any atom is -0.489 e. The summed E-state index contributed by atoms with van der Waals surface area (Å²) < 4.78 is 24.0. The van der Waals surface area contributed by atoms with Gasteiger partial charge in [0.1, 0.15) is 23.9 Å². The first-order valence-electron chi connectivity index (χ1n) is 6.43. The highest BCUT2D eigenvalue weighted by atomic mass is 35.5. The molecule has 1 heterocycles. The van der Waals surface area contributed by atoms with Gasteiger partial charge in [0, 0.05) is 5.56 Å². The lowest BCUT2D eigenvalue weighted by Crippen LogP contribution is -1.96. The molecule has 0 saturated carbocycles. The van der Waals surface area contributed by atoms with Crippen molar-refractivity contribution in [3.05, 3.63) is 77.3 Å². The molecule has 2 aromatic carbocycles. The van der Waals surface area contributed by atoms with E-state index in [0.29, 0.717) is 16.5 Å². The molecule has 0 saturated heterocycles. The highest BCUT2D eigenvalue weighted by Crippen LogP contribution is 2.31. The molecule has 0 aliphatic rings. The van der Waals surface area contributed by atoms with Gasteiger partial charge < -0.3 is 9.15 Å². The summed E-state index contributed by atoms with van der Waals surface area (Å²) in [6.45, 7) is 0.286. The van der Waals surface area contributed by atoms with Gasteiger partial charge >= 0.3 is 0 Å². The van der Waals surface area contributed by atoms with Crippen LogP contribution in [0.25, 0.3) is 11.3 Å². The van der Waals surface area contributed by atoms with Crippen molar-refractivity contribution in [1.82, 2.24) is 0 Å². The monoisotopic (exact) mass is 302 g/mol. The van der Waals surface area contributed by atoms with Gasteiger partial charge in [0.05, 0.1) is 11.3 Å². The molecule has 0 atom stereocenters. The summed E-state index contributed by atoms with van der Waals surface area (Å²) in [5.74, 6) is 1.05. The zero-order valence-corrected chi connectivity index (χ0v) is 11.8. The third-order valence-electron chi connectivity index (χ3n) is 3.02. The lowest BCUT2D eigenvalue weighted by Gasteiger charge is -2.08. The number of furan rings is 1. The molecule has 0 spiro atoms. The molecule has 0 radical (unpaired) electrons. The van der Waals surface area contributed by atoms with E-state index in [4.69, 9.17) is 20.8 Å². The van der Waals surface area contributed by atoms with E-state index in [9.17, 15) is 4.39 Å². The molecule has 0 aliphatic heterocycles. The molecule has 3 rings (SSSR count). The third-order valence-corrected chi connectivity index (χ3v) is 3.33. The summed E-state index contributed by atoms with van der Waals surface area (Å²) in [4.78, 5) is 0. The highest BCUT2D eigenvalue weighted by molar-refractivity contribution is 6.33. The Hall–Kier alpha value is -2.26. The highest BCUT2D eigenvalue weighted by Gasteiger charge is 2.07. The number of rotatable bonds is 4. The maximum Gasteiger partial charge on any atom is 0.135 e. The van der Waals surface area contributed by atoms with Crippen LogP contribution in [0.4, 0.5) is 4.39 Å². The van der Waals surface area contributed by atoms with Crippen LogP contribution in [0.1, 0.15) is 5.56 Å². The fourth-order valence-electron chi connectivity index (χ4n) is 2.01. The molecule has 0 fully saturated rings. The number of benzene rings is 2. The third kappa shape index (κ3) is 3.26. The SMILES string of the molecule is Fc1cccc(COc2ccc(-c3ccco3)c(Cl)c2)c1. The van der Waals surface area contributed by atoms with Crippen LogP contribution in [0.2, 0.25) is 5.02 Å². The van der Waals surface area contributed by atoms with E-state index in [-0.39, 0.29) is 12.4 Å². The minimum atomic E-state index is -0.276. The Kier molecular flexibility index (Phi) is 3.93. The molecule has 3 aromatic rings. The van der Waals surface area contributed by atoms with Crippen molar-refractivity contribution in [3.63, 3.8) is 0 Å². The molecule has 0 amide bonds. The first-order valence-corrected chi connectivity index (χ1v) is 6.81. The van der Waals surface area contributed by atoms with Gasteiger partial charge in [-0.25, -0.2) is 4.39 Å². The molecule has 106 valence electrons. The molecule has 0 unspecified atom stereocenters. The van der Waals surface area contributed by atoms with Crippen LogP contribution < -0.4 is 4.74 Å². The van der Waals surface area contributed by atoms with Crippen molar-refractivity contribution >= 4 is 11.6 Å². The smallest absolute Gasteiger partial charge is 0.135 e. The van der Waals surface area contributed by atoms with E-state index in [0.717, 1.165) is 11.1 Å². The summed E-state index contributed by atoms with van der Waals surface area (Å²) >= 11 is 6.23. The predicted octanol–water partition coefficient (Wildman–Crippen LogP) is 5.32. The molecule has 4 heteroatoms. The lowest BCUT2D eigenvalue weighted by molar-refractivity contribution is 0.305. The maximum absolute atomic E-state index is 13.1. The summed E-state index contributed by atoms with van der Waals surface area (Å²) in [7, 11) is 0. The zero-order chi connectivity index (χ0) is 14.7. The van der Waals surface area contributed by atoms with Crippen LogP contribution in [0.3, 0.4) is 0 Å². The van der Waals surface area contributed by atoms with Crippen molar-refractivity contribution in [3.8, 4) is 17.1 Å². The van der Waals surface area contributed by atoms with E-state index < -0.39 is 0 Å². The number of hydrogen-bond acceptors (Lipinski definition) is 2. The summed E-state index contributed by atoms with van der Waals surface area (Å²) in [6, 6.07) is 15.3. The van der Waals surface area contributed by atoms with Gasteiger partial charge in [0.15, 0.2) is 0 Å². The Labute approximate surface area is 126 Å². The Morgan fingerprint density at radius 1 is 1.05 bits per heavy atom. The summed E-state index contributed by atoms with van der Waals surface area (Å²) in [5.41, 5.74) is 1.57. The normalized spacial score (nSPS) is 10.6. The number of hydrogen-bond donors (Lipinski definition) is 0. The lowest BCUT2D eigenvalue weighted by atomic mass is 10.1. The van der Waals surface area contributed by atoms with Crippen molar-refractivity contribution in [2.45, 2.75) is 6.61 Å². The van der Waals surface area contributed by atoms with Gasteiger partial charge in [0.2, 0.25) is 0 Å². The van der Waals surface area contributed by atoms with E-state index in [1.807, 2.05) is 24.3 Å². The van der Waals surface area contributed by atoms with E-state index in [2.05, 4.69) is 0 Å². The molecular weight excluding hydrogens is 291 g/mol. The van der Waals surface area contributed by atoms with E-state index in [1.54, 1.807) is 24.5 Å². The van der Waals surface area contributed by atoms with Crippen molar-refractivity contribution in [2.24, 2.45) is 0 Å². The average Bonchev–Trinajstić information content (AvgIpc) is 2.99. The first kappa shape index (κ1) is 13.7. The first-order chi connectivity index (χ1) is 10.2. The van der Waals surface area contributed by atoms with Crippen LogP contribution in [0.5, 0.6) is 5.75 Å². The standard InChI is InChI=1S/C17H12ClFO2/c18-16-10-14(6-7-15(16)17-5-2-8-20-17)21-11-12-3-1-4-13(19)9-12/h1-10H,11H2. The maximum atomic E-state index is 13.1. The van der Waals surface area contributed by atoms with E-state index in [1.165, 1.54) is 12.1 Å². The van der Waals surface area contributed by atoms with Crippen LogP contribution >= 0.6 is 11.6 Å². The van der Waals surface area contributed by atoms with Crippen molar-refractivity contribution in [1.29, 1.82) is 0 Å². The molecule has 21 heavy (non-hydrogen) atoms. The zero-order valence-electron chi connectivity index (χ0n) is 11.1. The average molecular weight is 303 g/mol. The molecule has 0 bridgehead atoms.